The van der Waals surface area contributed by atoms with Gasteiger partial charge in [-0.05, 0) is 47.0 Å². The Morgan fingerprint density at radius 3 is 1.65 bits per heavy atom. The molecule has 7 heteroatoms. The van der Waals surface area contributed by atoms with E-state index in [-0.39, 0.29) is 28.3 Å². The summed E-state index contributed by atoms with van der Waals surface area (Å²) in [7, 11) is -2.19. The minimum atomic E-state index is -3.67. The van der Waals surface area contributed by atoms with Crippen molar-refractivity contribution in [3.05, 3.63) is 59.9 Å². The van der Waals surface area contributed by atoms with Crippen LogP contribution in [0.1, 0.15) is 62.3 Å². The van der Waals surface area contributed by atoms with E-state index in [1.54, 1.807) is 0 Å². The summed E-state index contributed by atoms with van der Waals surface area (Å²) >= 11 is 0. The molecule has 0 unspecified atom stereocenters. The third-order valence-corrected chi connectivity index (χ3v) is 9.70. The normalized spacial score (nSPS) is 11.9. The van der Waals surface area contributed by atoms with E-state index >= 15 is 0 Å². The van der Waals surface area contributed by atoms with E-state index in [9.17, 15) is 8.42 Å². The van der Waals surface area contributed by atoms with Crippen LogP contribution < -0.4 is 0 Å². The van der Waals surface area contributed by atoms with Gasteiger partial charge in [-0.1, -0.05) is 45.0 Å². The van der Waals surface area contributed by atoms with Crippen molar-refractivity contribution in [2.24, 2.45) is 5.41 Å². The van der Waals surface area contributed by atoms with E-state index in [1.807, 2.05) is 49.5 Å². The van der Waals surface area contributed by atoms with Gasteiger partial charge in [0, 0.05) is 7.92 Å². The van der Waals surface area contributed by atoms with Crippen LogP contribution in [-0.2, 0) is 30.5 Å². The van der Waals surface area contributed by atoms with Gasteiger partial charge in [-0.25, -0.2) is 0 Å². The molecule has 0 aliphatic heterocycles. The van der Waals surface area contributed by atoms with Crippen LogP contribution in [0.2, 0.25) is 0 Å². The molecule has 0 aromatic heterocycles. The first-order valence-electron chi connectivity index (χ1n) is 11.2. The second-order valence-electron chi connectivity index (χ2n) is 11.5. The summed E-state index contributed by atoms with van der Waals surface area (Å²) in [5.41, 5.74) is 3.72. The molecule has 0 aliphatic rings. The van der Waals surface area contributed by atoms with Gasteiger partial charge in [-0.2, -0.15) is 14.1 Å². The molecule has 0 atom stereocenters. The molecule has 2 aromatic carbocycles. The molecule has 34 heavy (non-hydrogen) atoms. The van der Waals surface area contributed by atoms with Gasteiger partial charge in [0.1, 0.15) is 0 Å². The number of benzene rings is 2. The van der Waals surface area contributed by atoms with Crippen LogP contribution in [0.25, 0.3) is 16.4 Å². The van der Waals surface area contributed by atoms with Gasteiger partial charge in [0.2, 0.25) is 0 Å². The summed E-state index contributed by atoms with van der Waals surface area (Å²) in [6.07, 6.45) is 2.12. The zero-order chi connectivity index (χ0) is 26.1. The number of para-hydroxylation sites is 1. The Morgan fingerprint density at radius 2 is 1.32 bits per heavy atom. The molecule has 0 saturated carbocycles. The molecule has 2 rings (SSSR count). The molecular formula is C27H45NO3PPdS+. The van der Waals surface area contributed by atoms with Crippen LogP contribution in [0.15, 0.2) is 48.5 Å². The zero-order valence-electron chi connectivity index (χ0n) is 22.8. The van der Waals surface area contributed by atoms with E-state index < -0.39 is 10.1 Å². The summed E-state index contributed by atoms with van der Waals surface area (Å²) < 4.78 is 25.9. The minimum Gasteiger partial charge on any atom is -0.694 e. The molecule has 0 amide bonds. The van der Waals surface area contributed by atoms with Gasteiger partial charge in [0.05, 0.1) is 22.7 Å². The van der Waals surface area contributed by atoms with Gasteiger partial charge in [-0.15, -0.1) is 48.5 Å². The van der Waals surface area contributed by atoms with Crippen LogP contribution in [0.3, 0.4) is 0 Å². The van der Waals surface area contributed by atoms with Crippen molar-refractivity contribution < 1.29 is 33.4 Å². The van der Waals surface area contributed by atoms with Crippen LogP contribution in [-0.4, -0.2) is 42.7 Å². The second kappa shape index (κ2) is 14.7. The maximum absolute atomic E-state index is 9.19. The first-order valence-corrected chi connectivity index (χ1v) is 14.8. The molecule has 0 saturated heterocycles. The Bertz CT molecular complexity index is 907. The topological polar surface area (TPSA) is 68.5 Å². The SMILES string of the molecule is CC(C)(C)C[PH+](C(C)(C)C)C(C)(C)C.CS(=O)(=O)O.C[N-]c1ccccc1-c1[c-]cccc1.[Pd+2]. The Kier molecular flexibility index (Phi) is 15.3. The van der Waals surface area contributed by atoms with Crippen LogP contribution in [0.4, 0.5) is 5.69 Å². The van der Waals surface area contributed by atoms with Gasteiger partial charge in [-0.3, -0.25) is 4.55 Å². The predicted octanol–water partition coefficient (Wildman–Crippen LogP) is 8.13. The monoisotopic (exact) mass is 600 g/mol. The van der Waals surface area contributed by atoms with E-state index in [1.165, 1.54) is 6.16 Å². The average Bonchev–Trinajstić information content (AvgIpc) is 2.64. The second-order valence-corrected chi connectivity index (χ2v) is 17.2. The molecule has 0 radical (unpaired) electrons. The summed E-state index contributed by atoms with van der Waals surface area (Å²) in [5.74, 6) is 0. The molecule has 0 bridgehead atoms. The van der Waals surface area contributed by atoms with Crippen molar-refractivity contribution in [1.29, 1.82) is 0 Å². The maximum atomic E-state index is 9.19. The molecule has 2 aromatic rings. The first kappa shape index (κ1) is 35.4. The Balaban J connectivity index is 0. The van der Waals surface area contributed by atoms with Gasteiger partial charge >= 0.3 is 20.4 Å². The summed E-state index contributed by atoms with van der Waals surface area (Å²) in [5, 5.41) is 5.25. The quantitative estimate of drug-likeness (QED) is 0.167. The van der Waals surface area contributed by atoms with Gasteiger partial charge < -0.3 is 5.32 Å². The molecular weight excluding hydrogens is 556 g/mol. The predicted molar refractivity (Wildman–Crippen MR) is 149 cm³/mol. The van der Waals surface area contributed by atoms with E-state index in [0.29, 0.717) is 22.0 Å². The summed E-state index contributed by atoms with van der Waals surface area (Å²) in [6, 6.07) is 19.2. The molecule has 1 N–H and O–H groups in total. The van der Waals surface area contributed by atoms with Crippen LogP contribution >= 0.6 is 7.92 Å². The van der Waals surface area contributed by atoms with Crippen molar-refractivity contribution >= 4 is 23.7 Å². The maximum Gasteiger partial charge on any atom is 2.00 e. The molecule has 0 heterocycles. The number of nitrogens with zero attached hydrogens (tertiary/aromatic N) is 1. The summed E-state index contributed by atoms with van der Waals surface area (Å²) in [6.45, 7) is 21.6. The Labute approximate surface area is 224 Å². The molecule has 0 aliphatic carbocycles. The van der Waals surface area contributed by atoms with Crippen molar-refractivity contribution in [2.45, 2.75) is 72.6 Å². The summed E-state index contributed by atoms with van der Waals surface area (Å²) in [4.78, 5) is 0. The fourth-order valence-electron chi connectivity index (χ4n) is 3.64. The first-order chi connectivity index (χ1) is 14.8. The number of rotatable bonds is 3. The number of hydrogen-bond acceptors (Lipinski definition) is 2. The van der Waals surface area contributed by atoms with E-state index in [2.05, 4.69) is 79.8 Å². The van der Waals surface area contributed by atoms with Crippen LogP contribution in [0.5, 0.6) is 0 Å². The van der Waals surface area contributed by atoms with Gasteiger partial charge in [0.15, 0.2) is 0 Å². The third-order valence-electron chi connectivity index (χ3n) is 4.66. The number of hydrogen-bond donors (Lipinski definition) is 1. The van der Waals surface area contributed by atoms with Crippen LogP contribution in [0, 0.1) is 11.5 Å². The van der Waals surface area contributed by atoms with Gasteiger partial charge in [0.25, 0.3) is 10.1 Å². The Morgan fingerprint density at radius 1 is 0.882 bits per heavy atom. The molecule has 0 spiro atoms. The molecule has 0 fully saturated rings. The largest absolute Gasteiger partial charge is 2.00 e. The Hall–Kier alpha value is -0.758. The minimum absolute atomic E-state index is 0. The molecule has 4 nitrogen and oxygen atoms in total. The van der Waals surface area contributed by atoms with Crippen molar-refractivity contribution in [3.8, 4) is 11.1 Å². The third kappa shape index (κ3) is 16.8. The average molecular weight is 601 g/mol. The van der Waals surface area contributed by atoms with Crippen molar-refractivity contribution in [1.82, 2.24) is 0 Å². The van der Waals surface area contributed by atoms with E-state index in [4.69, 9.17) is 4.55 Å². The molecule has 196 valence electrons. The fourth-order valence-corrected chi connectivity index (χ4v) is 8.01. The fraction of sp³-hybridized carbons (Fsp3) is 0.556. The van der Waals surface area contributed by atoms with E-state index in [0.717, 1.165) is 16.8 Å². The van der Waals surface area contributed by atoms with Crippen molar-refractivity contribution in [2.75, 3.05) is 19.5 Å². The van der Waals surface area contributed by atoms with Crippen molar-refractivity contribution in [3.63, 3.8) is 0 Å². The smallest absolute Gasteiger partial charge is 0.694 e. The zero-order valence-corrected chi connectivity index (χ0v) is 26.1. The standard InChI is InChI=1S/C13H11N.C13H29P.CH4O3S.Pd/c1-14-13-10-6-5-9-12(13)11-7-3-2-4-8-11;1-11(2,3)10-14(12(4,5)6)13(7,8)9;1-5(2,3)4;/h2-7,9-10H,1H3;10H2,1-9H3;1H3,(H,2,3,4);/q-2;;;+2/p+1.